The highest BCUT2D eigenvalue weighted by molar-refractivity contribution is 7.91. The van der Waals surface area contributed by atoms with Crippen molar-refractivity contribution in [3.8, 4) is 0 Å². The van der Waals surface area contributed by atoms with Gasteiger partial charge in [-0.05, 0) is 0 Å². The zero-order chi connectivity index (χ0) is 17.0. The van der Waals surface area contributed by atoms with E-state index < -0.39 is 28.6 Å². The van der Waals surface area contributed by atoms with Crippen molar-refractivity contribution in [2.24, 2.45) is 0 Å². The molecule has 10 heteroatoms. The van der Waals surface area contributed by atoms with Crippen molar-refractivity contribution < 1.29 is 26.8 Å². The van der Waals surface area contributed by atoms with Crippen LogP contribution in [0.2, 0.25) is 0 Å². The summed E-state index contributed by atoms with van der Waals surface area (Å²) in [7, 11) is -2.96. The summed E-state index contributed by atoms with van der Waals surface area (Å²) in [4.78, 5) is 26.8. The number of nitrogens with one attached hydrogen (secondary N) is 1. The van der Waals surface area contributed by atoms with Crippen LogP contribution in [-0.2, 0) is 19.4 Å². The molecule has 0 radical (unpaired) electrons. The van der Waals surface area contributed by atoms with Crippen molar-refractivity contribution in [3.05, 3.63) is 0 Å². The molecule has 2 fully saturated rings. The number of carbonyl (C=O) groups is 2. The molecule has 0 spiro atoms. The molecule has 2 amide bonds. The van der Waals surface area contributed by atoms with Gasteiger partial charge >= 0.3 is 0 Å². The van der Waals surface area contributed by atoms with E-state index in [1.807, 2.05) is 0 Å². The van der Waals surface area contributed by atoms with Crippen LogP contribution in [-0.4, -0.2) is 86.7 Å². The molecule has 0 aromatic carbocycles. The summed E-state index contributed by atoms with van der Waals surface area (Å²) in [5, 5.41) is 2.61. The maximum atomic E-state index is 12.0. The number of alkyl halides is 2. The lowest BCUT2D eigenvalue weighted by molar-refractivity contribution is -0.139. The van der Waals surface area contributed by atoms with E-state index in [1.54, 1.807) is 9.80 Å². The topological polar surface area (TPSA) is 86.8 Å². The average molecular weight is 353 g/mol. The maximum absolute atomic E-state index is 12.0. The number of amides is 2. The molecule has 0 aromatic heterocycles. The zero-order valence-electron chi connectivity index (χ0n) is 12.7. The first-order valence-electron chi connectivity index (χ1n) is 7.53. The second kappa shape index (κ2) is 7.52. The highest BCUT2D eigenvalue weighted by Crippen LogP contribution is 2.11. The molecule has 132 valence electrons. The fourth-order valence-electron chi connectivity index (χ4n) is 2.51. The van der Waals surface area contributed by atoms with Gasteiger partial charge in [0.05, 0.1) is 24.1 Å². The SMILES string of the molecule is O=C(CCC(F)F)NC1CN(C(=O)CN2CCS(=O)(=O)CC2)C1. The van der Waals surface area contributed by atoms with Crippen LogP contribution in [0, 0.1) is 0 Å². The molecule has 2 aliphatic rings. The molecular weight excluding hydrogens is 332 g/mol. The fourth-order valence-corrected chi connectivity index (χ4v) is 3.79. The lowest BCUT2D eigenvalue weighted by atomic mass is 10.1. The van der Waals surface area contributed by atoms with Crippen molar-refractivity contribution in [1.29, 1.82) is 0 Å². The maximum Gasteiger partial charge on any atom is 0.239 e. The highest BCUT2D eigenvalue weighted by atomic mass is 32.2. The second-order valence-electron chi connectivity index (χ2n) is 5.92. The van der Waals surface area contributed by atoms with Crippen LogP contribution in [0.15, 0.2) is 0 Å². The van der Waals surface area contributed by atoms with E-state index in [0.29, 0.717) is 26.2 Å². The molecule has 0 saturated carbocycles. The molecule has 2 saturated heterocycles. The summed E-state index contributed by atoms with van der Waals surface area (Å²) >= 11 is 0. The van der Waals surface area contributed by atoms with E-state index in [1.165, 1.54) is 0 Å². The minimum Gasteiger partial charge on any atom is -0.350 e. The van der Waals surface area contributed by atoms with Crippen LogP contribution in [0.5, 0.6) is 0 Å². The lowest BCUT2D eigenvalue weighted by Crippen LogP contribution is -2.62. The van der Waals surface area contributed by atoms with Gasteiger partial charge in [-0.25, -0.2) is 17.2 Å². The number of hydrogen-bond donors (Lipinski definition) is 1. The van der Waals surface area contributed by atoms with Crippen LogP contribution in [0.3, 0.4) is 0 Å². The van der Waals surface area contributed by atoms with Crippen LogP contribution in [0.4, 0.5) is 8.78 Å². The standard InChI is InChI=1S/C13H21F2N3O4S/c14-11(15)1-2-12(19)16-10-7-18(8-10)13(20)9-17-3-5-23(21,22)6-4-17/h10-11H,1-9H2,(H,16,19). The van der Waals surface area contributed by atoms with Gasteiger partial charge in [0.1, 0.15) is 0 Å². The largest absolute Gasteiger partial charge is 0.350 e. The Morgan fingerprint density at radius 2 is 1.78 bits per heavy atom. The monoisotopic (exact) mass is 353 g/mol. The Bertz CT molecular complexity index is 535. The first-order valence-corrected chi connectivity index (χ1v) is 9.35. The molecule has 0 aromatic rings. The number of carbonyl (C=O) groups excluding carboxylic acids is 2. The molecule has 0 unspecified atom stereocenters. The molecule has 1 N–H and O–H groups in total. The molecule has 0 atom stereocenters. The van der Waals surface area contributed by atoms with Gasteiger partial charge in [0.15, 0.2) is 9.84 Å². The summed E-state index contributed by atoms with van der Waals surface area (Å²) in [6.45, 7) is 1.61. The Morgan fingerprint density at radius 3 is 2.35 bits per heavy atom. The number of likely N-dealkylation sites (tertiary alicyclic amines) is 1. The summed E-state index contributed by atoms with van der Waals surface area (Å²) in [6.07, 6.45) is -3.17. The Labute approximate surface area is 133 Å². The van der Waals surface area contributed by atoms with E-state index in [4.69, 9.17) is 0 Å². The molecule has 7 nitrogen and oxygen atoms in total. The first kappa shape index (κ1) is 18.1. The van der Waals surface area contributed by atoms with Gasteiger partial charge in [0, 0.05) is 39.0 Å². The third-order valence-electron chi connectivity index (χ3n) is 3.98. The number of rotatable bonds is 6. The Morgan fingerprint density at radius 1 is 1.17 bits per heavy atom. The quantitative estimate of drug-likeness (QED) is 0.668. The minimum atomic E-state index is -2.96. The van der Waals surface area contributed by atoms with Gasteiger partial charge in [-0.2, -0.15) is 0 Å². The fraction of sp³-hybridized carbons (Fsp3) is 0.846. The second-order valence-corrected chi connectivity index (χ2v) is 8.22. The summed E-state index contributed by atoms with van der Waals surface area (Å²) < 4.78 is 46.6. The molecular formula is C13H21F2N3O4S. The van der Waals surface area contributed by atoms with E-state index in [2.05, 4.69) is 5.32 Å². The van der Waals surface area contributed by atoms with E-state index in [-0.39, 0.29) is 36.4 Å². The van der Waals surface area contributed by atoms with Gasteiger partial charge in [-0.1, -0.05) is 0 Å². The number of nitrogens with zero attached hydrogens (tertiary/aromatic N) is 2. The predicted octanol–water partition coefficient (Wildman–Crippen LogP) is -0.911. The minimum absolute atomic E-state index is 0.0725. The Hall–Kier alpha value is -1.29. The average Bonchev–Trinajstić information content (AvgIpc) is 2.42. The van der Waals surface area contributed by atoms with Gasteiger partial charge in [0.2, 0.25) is 18.2 Å². The van der Waals surface area contributed by atoms with Gasteiger partial charge in [-0.3, -0.25) is 14.5 Å². The van der Waals surface area contributed by atoms with Gasteiger partial charge in [-0.15, -0.1) is 0 Å². The lowest BCUT2D eigenvalue weighted by Gasteiger charge is -2.40. The normalized spacial score (nSPS) is 22.0. The van der Waals surface area contributed by atoms with Crippen molar-refractivity contribution in [3.63, 3.8) is 0 Å². The van der Waals surface area contributed by atoms with Crippen molar-refractivity contribution in [2.75, 3.05) is 44.2 Å². The highest BCUT2D eigenvalue weighted by Gasteiger charge is 2.33. The third-order valence-corrected chi connectivity index (χ3v) is 5.59. The third kappa shape index (κ3) is 5.69. The number of sulfone groups is 1. The zero-order valence-corrected chi connectivity index (χ0v) is 13.5. The molecule has 2 rings (SSSR count). The number of hydrogen-bond acceptors (Lipinski definition) is 5. The van der Waals surface area contributed by atoms with Gasteiger partial charge < -0.3 is 10.2 Å². The smallest absolute Gasteiger partial charge is 0.239 e. The molecule has 2 aliphatic heterocycles. The van der Waals surface area contributed by atoms with Crippen molar-refractivity contribution in [2.45, 2.75) is 25.3 Å². The van der Waals surface area contributed by atoms with Crippen LogP contribution < -0.4 is 5.32 Å². The number of halogens is 2. The van der Waals surface area contributed by atoms with E-state index in [0.717, 1.165) is 0 Å². The van der Waals surface area contributed by atoms with Gasteiger partial charge in [0.25, 0.3) is 0 Å². The van der Waals surface area contributed by atoms with Crippen LogP contribution >= 0.6 is 0 Å². The molecule has 0 aliphatic carbocycles. The van der Waals surface area contributed by atoms with E-state index >= 15 is 0 Å². The van der Waals surface area contributed by atoms with E-state index in [9.17, 15) is 26.8 Å². The molecule has 23 heavy (non-hydrogen) atoms. The van der Waals surface area contributed by atoms with Crippen molar-refractivity contribution in [1.82, 2.24) is 15.1 Å². The Kier molecular flexibility index (Phi) is 5.90. The first-order chi connectivity index (χ1) is 10.7. The molecule has 2 heterocycles. The Balaban J connectivity index is 1.63. The van der Waals surface area contributed by atoms with Crippen LogP contribution in [0.1, 0.15) is 12.8 Å². The summed E-state index contributed by atoms with van der Waals surface area (Å²) in [5.74, 6) is -0.391. The predicted molar refractivity (Wildman–Crippen MR) is 78.8 cm³/mol. The summed E-state index contributed by atoms with van der Waals surface area (Å²) in [6, 6.07) is -0.189. The van der Waals surface area contributed by atoms with Crippen molar-refractivity contribution >= 4 is 21.7 Å². The molecule has 0 bridgehead atoms. The summed E-state index contributed by atoms with van der Waals surface area (Å²) in [5.41, 5.74) is 0. The van der Waals surface area contributed by atoms with Crippen LogP contribution in [0.25, 0.3) is 0 Å².